The molecule has 0 bridgehead atoms. The summed E-state index contributed by atoms with van der Waals surface area (Å²) in [6.07, 6.45) is 0. The van der Waals surface area contributed by atoms with E-state index in [2.05, 4.69) is 5.32 Å². The molecule has 0 amide bonds. The average Bonchev–Trinajstić information content (AvgIpc) is 1.68. The van der Waals surface area contributed by atoms with Crippen molar-refractivity contribution in [1.29, 1.82) is 0 Å². The molecule has 0 atom stereocenters. The van der Waals surface area contributed by atoms with E-state index in [1.807, 2.05) is 20.9 Å². The van der Waals surface area contributed by atoms with E-state index in [1.54, 1.807) is 0 Å². The van der Waals surface area contributed by atoms with Gasteiger partial charge in [-0.05, 0) is 20.9 Å². The van der Waals surface area contributed by atoms with E-state index in [0.717, 1.165) is 0 Å². The second-order valence-electron chi connectivity index (χ2n) is 2.29. The molecule has 0 aliphatic heterocycles. The standard InChI is InChI=1S/C5H13NO.V.H2/c1-5(2,4-7)6-3;;/h6-7H,4H2,1-3H3;;1H. The van der Waals surface area contributed by atoms with Gasteiger partial charge >= 0.3 is 0 Å². The van der Waals surface area contributed by atoms with Crippen molar-refractivity contribution in [1.82, 2.24) is 5.32 Å². The molecule has 0 fully saturated rings. The average molecular weight is 156 g/mol. The van der Waals surface area contributed by atoms with Gasteiger partial charge in [-0.1, -0.05) is 0 Å². The zero-order valence-electron chi connectivity index (χ0n) is 5.60. The number of nitrogens with one attached hydrogen (secondary N) is 1. The van der Waals surface area contributed by atoms with E-state index < -0.39 is 0 Å². The van der Waals surface area contributed by atoms with Crippen LogP contribution >= 0.6 is 0 Å². The smallest absolute Gasteiger partial charge is 0.0607 e. The van der Waals surface area contributed by atoms with E-state index in [1.165, 1.54) is 0 Å². The van der Waals surface area contributed by atoms with Crippen LogP contribution in [0.15, 0.2) is 0 Å². The first-order valence-corrected chi connectivity index (χ1v) is 2.42. The van der Waals surface area contributed by atoms with Crippen LogP contribution in [0.3, 0.4) is 0 Å². The van der Waals surface area contributed by atoms with Crippen molar-refractivity contribution in [3.63, 3.8) is 0 Å². The molecule has 0 spiro atoms. The summed E-state index contributed by atoms with van der Waals surface area (Å²) >= 11 is 0. The Bertz CT molecular complexity index is 54.9. The molecule has 0 aromatic heterocycles. The number of hydrogen-bond acceptors (Lipinski definition) is 2. The fourth-order valence-electron chi connectivity index (χ4n) is 0.0791. The molecule has 0 aliphatic rings. The molecule has 0 rings (SSSR count). The molecule has 0 unspecified atom stereocenters. The van der Waals surface area contributed by atoms with Gasteiger partial charge < -0.3 is 10.4 Å². The number of hydrogen-bond donors (Lipinski definition) is 2. The molecule has 0 aliphatic carbocycles. The van der Waals surface area contributed by atoms with Crippen LogP contribution < -0.4 is 5.32 Å². The molecule has 8 heavy (non-hydrogen) atoms. The SMILES string of the molecule is CNC(C)(C)CO.[HH].[V]. The summed E-state index contributed by atoms with van der Waals surface area (Å²) in [7, 11) is 1.83. The molecule has 0 heterocycles. The predicted octanol–water partition coefficient (Wildman–Crippen LogP) is 0.220. The topological polar surface area (TPSA) is 32.3 Å². The van der Waals surface area contributed by atoms with Crippen molar-refractivity contribution in [3.8, 4) is 0 Å². The normalized spacial score (nSPS) is 10.5. The van der Waals surface area contributed by atoms with Crippen LogP contribution in [-0.4, -0.2) is 24.3 Å². The third-order valence-electron chi connectivity index (χ3n) is 1.07. The molecule has 0 saturated carbocycles. The van der Waals surface area contributed by atoms with Crippen LogP contribution in [0.25, 0.3) is 0 Å². The van der Waals surface area contributed by atoms with Crippen molar-refractivity contribution < 1.29 is 25.1 Å². The fraction of sp³-hybridized carbons (Fsp3) is 1.00. The molecule has 51 valence electrons. The Balaban J connectivity index is -0.000000180. The predicted molar refractivity (Wildman–Crippen MR) is 32.3 cm³/mol. The third-order valence-corrected chi connectivity index (χ3v) is 1.07. The van der Waals surface area contributed by atoms with Gasteiger partial charge in [0.25, 0.3) is 0 Å². The van der Waals surface area contributed by atoms with Crippen LogP contribution in [0.2, 0.25) is 0 Å². The van der Waals surface area contributed by atoms with Gasteiger partial charge in [-0.15, -0.1) is 0 Å². The molecular formula is C5H15NOV. The minimum atomic E-state index is -0.111. The van der Waals surface area contributed by atoms with Crippen molar-refractivity contribution in [2.24, 2.45) is 0 Å². The number of aliphatic hydroxyl groups excluding tert-OH is 1. The Hall–Kier alpha value is 0.504. The van der Waals surface area contributed by atoms with Gasteiger partial charge in [-0.2, -0.15) is 0 Å². The summed E-state index contributed by atoms with van der Waals surface area (Å²) in [6, 6.07) is 0. The summed E-state index contributed by atoms with van der Waals surface area (Å²) < 4.78 is 0. The van der Waals surface area contributed by atoms with Gasteiger partial charge in [-0.25, -0.2) is 0 Å². The second-order valence-corrected chi connectivity index (χ2v) is 2.29. The number of likely N-dealkylation sites (N-methyl/N-ethyl adjacent to an activating group) is 1. The maximum atomic E-state index is 8.53. The zero-order chi connectivity index (χ0) is 5.91. The molecular weight excluding hydrogens is 141 g/mol. The van der Waals surface area contributed by atoms with Gasteiger partial charge in [-0.3, -0.25) is 0 Å². The minimum absolute atomic E-state index is 0. The monoisotopic (exact) mass is 156 g/mol. The van der Waals surface area contributed by atoms with Crippen molar-refractivity contribution in [3.05, 3.63) is 0 Å². The quantitative estimate of drug-likeness (QED) is 0.599. The molecule has 0 aromatic carbocycles. The fourth-order valence-corrected chi connectivity index (χ4v) is 0.0791. The first-order valence-electron chi connectivity index (χ1n) is 2.42. The van der Waals surface area contributed by atoms with Gasteiger partial charge in [0.1, 0.15) is 0 Å². The molecule has 1 radical (unpaired) electrons. The summed E-state index contributed by atoms with van der Waals surface area (Å²) in [5.74, 6) is 0. The first-order chi connectivity index (χ1) is 3.12. The summed E-state index contributed by atoms with van der Waals surface area (Å²) in [5, 5.41) is 11.5. The Morgan fingerprint density at radius 1 is 1.62 bits per heavy atom. The molecule has 2 nitrogen and oxygen atoms in total. The molecule has 3 heteroatoms. The largest absolute Gasteiger partial charge is 0.394 e. The van der Waals surface area contributed by atoms with Crippen LogP contribution in [0, 0.1) is 0 Å². The molecule has 2 N–H and O–H groups in total. The Kier molecular flexibility index (Phi) is 6.21. The molecule has 0 saturated heterocycles. The minimum Gasteiger partial charge on any atom is -0.394 e. The van der Waals surface area contributed by atoms with Crippen molar-refractivity contribution >= 4 is 0 Å². The van der Waals surface area contributed by atoms with Crippen LogP contribution in [-0.2, 0) is 18.6 Å². The number of aliphatic hydroxyl groups is 1. The van der Waals surface area contributed by atoms with Gasteiger partial charge in [0.05, 0.1) is 6.61 Å². The number of rotatable bonds is 2. The Morgan fingerprint density at radius 3 is 2.00 bits per heavy atom. The van der Waals surface area contributed by atoms with Gasteiger partial charge in [0, 0.05) is 25.5 Å². The zero-order valence-corrected chi connectivity index (χ0v) is 7.00. The summed E-state index contributed by atoms with van der Waals surface area (Å²) in [4.78, 5) is 0. The van der Waals surface area contributed by atoms with Gasteiger partial charge in [0.2, 0.25) is 0 Å². The maximum Gasteiger partial charge on any atom is 0.0607 e. The first kappa shape index (κ1) is 11.3. The van der Waals surface area contributed by atoms with E-state index in [9.17, 15) is 0 Å². The van der Waals surface area contributed by atoms with Crippen LogP contribution in [0.1, 0.15) is 15.3 Å². The van der Waals surface area contributed by atoms with E-state index in [-0.39, 0.29) is 32.1 Å². The maximum absolute atomic E-state index is 8.53. The van der Waals surface area contributed by atoms with Crippen LogP contribution in [0.4, 0.5) is 0 Å². The third kappa shape index (κ3) is 4.66. The molecule has 0 aromatic rings. The van der Waals surface area contributed by atoms with E-state index >= 15 is 0 Å². The Morgan fingerprint density at radius 2 is 2.00 bits per heavy atom. The van der Waals surface area contributed by atoms with Crippen LogP contribution in [0.5, 0.6) is 0 Å². The van der Waals surface area contributed by atoms with E-state index in [0.29, 0.717) is 0 Å². The Labute approximate surface area is 64.0 Å². The van der Waals surface area contributed by atoms with Gasteiger partial charge in [0.15, 0.2) is 0 Å². The van der Waals surface area contributed by atoms with Crippen molar-refractivity contribution in [2.45, 2.75) is 19.4 Å². The summed E-state index contributed by atoms with van der Waals surface area (Å²) in [6.45, 7) is 4.06. The summed E-state index contributed by atoms with van der Waals surface area (Å²) in [5.41, 5.74) is -0.111. The van der Waals surface area contributed by atoms with Crippen molar-refractivity contribution in [2.75, 3.05) is 13.7 Å². The van der Waals surface area contributed by atoms with E-state index in [4.69, 9.17) is 5.11 Å². The second kappa shape index (κ2) is 4.39.